The number of alkyl carbamates (subject to hydrolysis) is 1. The number of carbonyl (C=O) groups excluding carboxylic acids is 1. The van der Waals surface area contributed by atoms with E-state index in [0.717, 1.165) is 26.5 Å². The van der Waals surface area contributed by atoms with Crippen molar-refractivity contribution in [3.63, 3.8) is 0 Å². The summed E-state index contributed by atoms with van der Waals surface area (Å²) in [6.45, 7) is 10.0. The molecule has 222 valence electrons. The van der Waals surface area contributed by atoms with Crippen molar-refractivity contribution in [2.24, 2.45) is 0 Å². The Kier molecular flexibility index (Phi) is 7.66. The second kappa shape index (κ2) is 11.0. The van der Waals surface area contributed by atoms with Crippen LogP contribution in [0.3, 0.4) is 0 Å². The van der Waals surface area contributed by atoms with E-state index in [0.29, 0.717) is 34.9 Å². The van der Waals surface area contributed by atoms with Crippen LogP contribution < -0.4 is 15.9 Å². The molecule has 0 radical (unpaired) electrons. The fraction of sp³-hybridized carbons (Fsp3) is 0.379. The molecule has 2 aromatic heterocycles. The smallest absolute Gasteiger partial charge is 0.408 e. The van der Waals surface area contributed by atoms with Gasteiger partial charge in [-0.3, -0.25) is 4.57 Å². The van der Waals surface area contributed by atoms with Crippen LogP contribution in [0.25, 0.3) is 5.69 Å². The monoisotopic (exact) mass is 598 g/mol. The molecule has 5 rings (SSSR count). The fourth-order valence-corrected chi connectivity index (χ4v) is 5.84. The van der Waals surface area contributed by atoms with Crippen molar-refractivity contribution in [1.82, 2.24) is 24.6 Å². The van der Waals surface area contributed by atoms with E-state index in [9.17, 15) is 23.5 Å². The number of ether oxygens (including phenoxy) is 1. The van der Waals surface area contributed by atoms with E-state index < -0.39 is 40.7 Å². The number of aryl methyl sites for hydroxylation is 1. The third-order valence-electron chi connectivity index (χ3n) is 6.80. The number of aliphatic hydroxyl groups is 1. The number of aliphatic hydroxyl groups excluding tert-OH is 1. The van der Waals surface area contributed by atoms with Gasteiger partial charge in [0.1, 0.15) is 29.7 Å². The fourth-order valence-electron chi connectivity index (χ4n) is 4.77. The topological polar surface area (TPSA) is 115 Å². The number of thiazole rings is 1. The molecule has 1 saturated heterocycles. The van der Waals surface area contributed by atoms with Crippen LogP contribution in [0.1, 0.15) is 55.5 Å². The zero-order valence-corrected chi connectivity index (χ0v) is 24.7. The Labute approximate surface area is 245 Å². The second-order valence-corrected chi connectivity index (χ2v) is 12.6. The molecular weight excluding hydrogens is 566 g/mol. The van der Waals surface area contributed by atoms with E-state index in [1.807, 2.05) is 39.5 Å². The Hall–Kier alpha value is -4.10. The summed E-state index contributed by atoms with van der Waals surface area (Å²) in [7, 11) is 0. The minimum Gasteiger partial charge on any atom is -0.444 e. The van der Waals surface area contributed by atoms with Gasteiger partial charge in [-0.05, 0) is 64.4 Å². The first kappa shape index (κ1) is 29.4. The summed E-state index contributed by atoms with van der Waals surface area (Å²) in [5.74, 6) is -1.48. The van der Waals surface area contributed by atoms with Crippen LogP contribution >= 0.6 is 11.3 Å². The third-order valence-corrected chi connectivity index (χ3v) is 8.07. The van der Waals surface area contributed by atoms with E-state index in [2.05, 4.69) is 15.4 Å². The quantitative estimate of drug-likeness (QED) is 0.326. The number of nitrogens with one attached hydrogen (secondary N) is 1. The van der Waals surface area contributed by atoms with E-state index in [1.54, 1.807) is 24.3 Å². The Balaban J connectivity index is 1.25. The van der Waals surface area contributed by atoms with Crippen LogP contribution in [0, 0.1) is 18.6 Å². The van der Waals surface area contributed by atoms with Crippen molar-refractivity contribution in [2.45, 2.75) is 58.4 Å². The SMILES string of the molecule is Cc1nc(N2CC(C)(NC(=O)OC(C)(C)C)C2)sc1C(O)c1ccc(-n2ncn(Cc3c(F)cccc3F)c2=O)cc1. The highest BCUT2D eigenvalue weighted by Crippen LogP contribution is 2.37. The van der Waals surface area contributed by atoms with Gasteiger partial charge in [-0.1, -0.05) is 29.5 Å². The lowest BCUT2D eigenvalue weighted by atomic mass is 9.93. The van der Waals surface area contributed by atoms with Crippen LogP contribution in [0.5, 0.6) is 0 Å². The largest absolute Gasteiger partial charge is 0.444 e. The molecule has 2 N–H and O–H groups in total. The summed E-state index contributed by atoms with van der Waals surface area (Å²) >= 11 is 1.37. The average Bonchev–Trinajstić information content (AvgIpc) is 3.45. The van der Waals surface area contributed by atoms with Crippen molar-refractivity contribution < 1.29 is 23.4 Å². The first-order valence-corrected chi connectivity index (χ1v) is 14.1. The molecule has 0 bridgehead atoms. The van der Waals surface area contributed by atoms with Crippen LogP contribution in [-0.4, -0.2) is 54.8 Å². The van der Waals surface area contributed by atoms with Gasteiger partial charge < -0.3 is 20.1 Å². The Bertz CT molecular complexity index is 1650. The van der Waals surface area contributed by atoms with Crippen LogP contribution in [0.2, 0.25) is 0 Å². The maximum Gasteiger partial charge on any atom is 0.408 e. The van der Waals surface area contributed by atoms with Gasteiger partial charge in [-0.2, -0.15) is 9.78 Å². The van der Waals surface area contributed by atoms with Gasteiger partial charge in [-0.25, -0.2) is 23.4 Å². The number of amides is 1. The number of anilines is 1. The molecule has 2 aromatic carbocycles. The number of hydrogen-bond acceptors (Lipinski definition) is 8. The van der Waals surface area contributed by atoms with Crippen molar-refractivity contribution >= 4 is 22.6 Å². The minimum atomic E-state index is -0.948. The first-order valence-electron chi connectivity index (χ1n) is 13.3. The second-order valence-electron chi connectivity index (χ2n) is 11.6. The summed E-state index contributed by atoms with van der Waals surface area (Å²) < 4.78 is 35.7. The molecule has 0 aliphatic carbocycles. The zero-order valence-electron chi connectivity index (χ0n) is 23.9. The van der Waals surface area contributed by atoms with Gasteiger partial charge in [0.05, 0.1) is 28.3 Å². The standard InChI is InChI=1S/C29H32F2N6O4S/c1-17-24(42-25(33-17)36-14-29(5,15-36)34-26(39)41-28(2,3)4)23(38)18-9-11-19(12-10-18)37-27(40)35(16-32-37)13-20-21(30)7-6-8-22(20)31/h6-12,16,23,38H,13-15H2,1-5H3,(H,34,39). The highest BCUT2D eigenvalue weighted by atomic mass is 32.1. The maximum atomic E-state index is 14.1. The third kappa shape index (κ3) is 6.07. The van der Waals surface area contributed by atoms with E-state index in [4.69, 9.17) is 4.74 Å². The molecule has 1 amide bonds. The lowest BCUT2D eigenvalue weighted by Gasteiger charge is -2.48. The molecule has 1 aliphatic heterocycles. The van der Waals surface area contributed by atoms with Gasteiger partial charge in [-0.15, -0.1) is 0 Å². The van der Waals surface area contributed by atoms with Crippen molar-refractivity contribution in [1.29, 1.82) is 0 Å². The molecule has 1 atom stereocenters. The lowest BCUT2D eigenvalue weighted by Crippen LogP contribution is -2.69. The number of halogens is 2. The molecular formula is C29H32F2N6O4S. The minimum absolute atomic E-state index is 0.223. The van der Waals surface area contributed by atoms with Crippen LogP contribution in [-0.2, 0) is 11.3 Å². The molecule has 1 aliphatic rings. The summed E-state index contributed by atoms with van der Waals surface area (Å²) in [6.07, 6.45) is -0.188. The van der Waals surface area contributed by atoms with Crippen molar-refractivity contribution in [2.75, 3.05) is 18.0 Å². The molecule has 1 fully saturated rings. The highest BCUT2D eigenvalue weighted by molar-refractivity contribution is 7.15. The molecule has 10 nitrogen and oxygen atoms in total. The number of benzene rings is 2. The van der Waals surface area contributed by atoms with Gasteiger partial charge >= 0.3 is 11.8 Å². The zero-order chi connectivity index (χ0) is 30.4. The van der Waals surface area contributed by atoms with E-state index in [-0.39, 0.29) is 12.1 Å². The molecule has 0 saturated carbocycles. The maximum absolute atomic E-state index is 14.1. The summed E-state index contributed by atoms with van der Waals surface area (Å²) in [6, 6.07) is 10.2. The highest BCUT2D eigenvalue weighted by Gasteiger charge is 2.42. The Morgan fingerprint density at radius 3 is 2.43 bits per heavy atom. The summed E-state index contributed by atoms with van der Waals surface area (Å²) in [5, 5.41) is 18.9. The molecule has 4 aromatic rings. The summed E-state index contributed by atoms with van der Waals surface area (Å²) in [5.41, 5.74) is -0.0987. The van der Waals surface area contributed by atoms with Gasteiger partial charge in [0.2, 0.25) is 0 Å². The molecule has 1 unspecified atom stereocenters. The van der Waals surface area contributed by atoms with Crippen molar-refractivity contribution in [3.05, 3.63) is 92.6 Å². The summed E-state index contributed by atoms with van der Waals surface area (Å²) in [4.78, 5) is 32.4. The van der Waals surface area contributed by atoms with Gasteiger partial charge in [0.15, 0.2) is 5.13 Å². The lowest BCUT2D eigenvalue weighted by molar-refractivity contribution is 0.0445. The molecule has 13 heteroatoms. The van der Waals surface area contributed by atoms with Crippen LogP contribution in [0.4, 0.5) is 18.7 Å². The number of hydrogen-bond donors (Lipinski definition) is 2. The van der Waals surface area contributed by atoms with Gasteiger partial charge in [0, 0.05) is 18.7 Å². The van der Waals surface area contributed by atoms with Gasteiger partial charge in [0.25, 0.3) is 0 Å². The molecule has 0 spiro atoms. The normalized spacial score (nSPS) is 15.3. The molecule has 42 heavy (non-hydrogen) atoms. The predicted octanol–water partition coefficient (Wildman–Crippen LogP) is 4.31. The van der Waals surface area contributed by atoms with Crippen molar-refractivity contribution in [3.8, 4) is 5.69 Å². The number of rotatable bonds is 7. The Morgan fingerprint density at radius 1 is 1.17 bits per heavy atom. The predicted molar refractivity (Wildman–Crippen MR) is 154 cm³/mol. The first-order chi connectivity index (χ1) is 19.7. The average molecular weight is 599 g/mol. The number of carbonyl (C=O) groups is 1. The number of aromatic nitrogens is 4. The Morgan fingerprint density at radius 2 is 1.81 bits per heavy atom. The molecule has 3 heterocycles. The van der Waals surface area contributed by atoms with E-state index >= 15 is 0 Å². The van der Waals surface area contributed by atoms with E-state index in [1.165, 1.54) is 23.7 Å². The van der Waals surface area contributed by atoms with Crippen LogP contribution in [0.15, 0.2) is 53.6 Å². The number of nitrogens with zero attached hydrogens (tertiary/aromatic N) is 5.